The molecule has 3 rings (SSSR count). The zero-order chi connectivity index (χ0) is 18.5. The van der Waals surface area contributed by atoms with Crippen molar-refractivity contribution in [1.29, 1.82) is 0 Å². The molecule has 0 saturated heterocycles. The number of carbonyl (C=O) groups excluding carboxylic acids is 1. The van der Waals surface area contributed by atoms with Crippen molar-refractivity contribution in [3.8, 4) is 17.2 Å². The fraction of sp³-hybridized carbons (Fsp3) is 0.211. The second-order valence-electron chi connectivity index (χ2n) is 5.68. The van der Waals surface area contributed by atoms with Gasteiger partial charge in [-0.05, 0) is 43.3 Å². The van der Waals surface area contributed by atoms with Crippen molar-refractivity contribution in [3.05, 3.63) is 54.1 Å². The van der Waals surface area contributed by atoms with Crippen LogP contribution < -0.4 is 9.64 Å². The van der Waals surface area contributed by atoms with E-state index in [0.29, 0.717) is 11.1 Å². The first-order chi connectivity index (χ1) is 12.6. The molecule has 0 aliphatic carbocycles. The van der Waals surface area contributed by atoms with E-state index in [2.05, 4.69) is 10.2 Å². The molecule has 1 aromatic heterocycles. The maximum atomic E-state index is 12.4. The van der Waals surface area contributed by atoms with Gasteiger partial charge in [-0.2, -0.15) is 0 Å². The fourth-order valence-corrected chi connectivity index (χ4v) is 2.93. The topological polar surface area (TPSA) is 68.5 Å². The standard InChI is InChI=1S/C19H19N3O3S/c1-13-4-8-15(9-5-13)22(2)17(23)12-26-19-21-20-18(25-19)14-6-10-16(24-3)11-7-14/h4-11H,12H2,1-3H3. The largest absolute Gasteiger partial charge is 0.497 e. The predicted octanol–water partition coefficient (Wildman–Crippen LogP) is 3.81. The molecule has 1 heterocycles. The third-order valence-electron chi connectivity index (χ3n) is 3.86. The molecule has 0 aliphatic rings. The van der Waals surface area contributed by atoms with E-state index in [-0.39, 0.29) is 11.7 Å². The SMILES string of the molecule is COc1ccc(-c2nnc(SCC(=O)N(C)c3ccc(C)cc3)o2)cc1. The lowest BCUT2D eigenvalue weighted by Crippen LogP contribution is -2.27. The second-order valence-corrected chi connectivity index (χ2v) is 6.61. The Hall–Kier alpha value is -2.80. The van der Waals surface area contributed by atoms with Crippen molar-refractivity contribution in [2.75, 3.05) is 24.8 Å². The fourth-order valence-electron chi connectivity index (χ4n) is 2.25. The smallest absolute Gasteiger partial charge is 0.277 e. The van der Waals surface area contributed by atoms with Gasteiger partial charge in [0.1, 0.15) is 5.75 Å². The van der Waals surface area contributed by atoms with Gasteiger partial charge in [0, 0.05) is 18.3 Å². The number of hydrogen-bond acceptors (Lipinski definition) is 6. The van der Waals surface area contributed by atoms with Crippen LogP contribution in [-0.4, -0.2) is 36.0 Å². The van der Waals surface area contributed by atoms with E-state index in [4.69, 9.17) is 9.15 Å². The molecule has 0 atom stereocenters. The highest BCUT2D eigenvalue weighted by molar-refractivity contribution is 7.99. The Kier molecular flexibility index (Phi) is 5.58. The maximum Gasteiger partial charge on any atom is 0.277 e. The van der Waals surface area contributed by atoms with E-state index in [0.717, 1.165) is 22.6 Å². The molecule has 0 N–H and O–H groups in total. The van der Waals surface area contributed by atoms with Crippen LogP contribution in [-0.2, 0) is 4.79 Å². The molecule has 0 bridgehead atoms. The molecule has 0 spiro atoms. The Morgan fingerprint density at radius 1 is 1.12 bits per heavy atom. The van der Waals surface area contributed by atoms with Crippen molar-refractivity contribution in [1.82, 2.24) is 10.2 Å². The highest BCUT2D eigenvalue weighted by atomic mass is 32.2. The molecule has 7 heteroatoms. The Morgan fingerprint density at radius 2 is 1.81 bits per heavy atom. The van der Waals surface area contributed by atoms with Gasteiger partial charge in [0.2, 0.25) is 11.8 Å². The number of hydrogen-bond donors (Lipinski definition) is 0. The van der Waals surface area contributed by atoms with Gasteiger partial charge in [-0.1, -0.05) is 29.5 Å². The quantitative estimate of drug-likeness (QED) is 0.616. The molecule has 0 radical (unpaired) electrons. The monoisotopic (exact) mass is 369 g/mol. The molecule has 2 aromatic carbocycles. The van der Waals surface area contributed by atoms with Crippen LogP contribution in [0.5, 0.6) is 5.75 Å². The number of methoxy groups -OCH3 is 1. The van der Waals surface area contributed by atoms with E-state index >= 15 is 0 Å². The van der Waals surface area contributed by atoms with Crippen molar-refractivity contribution < 1.29 is 13.9 Å². The highest BCUT2D eigenvalue weighted by Crippen LogP contribution is 2.25. The summed E-state index contributed by atoms with van der Waals surface area (Å²) in [5.74, 6) is 1.35. The van der Waals surface area contributed by atoms with Gasteiger partial charge in [-0.25, -0.2) is 0 Å². The first-order valence-electron chi connectivity index (χ1n) is 8.01. The summed E-state index contributed by atoms with van der Waals surface area (Å²) in [4.78, 5) is 14.0. The van der Waals surface area contributed by atoms with Gasteiger partial charge < -0.3 is 14.1 Å². The van der Waals surface area contributed by atoms with Gasteiger partial charge in [-0.3, -0.25) is 4.79 Å². The van der Waals surface area contributed by atoms with Crippen molar-refractivity contribution in [3.63, 3.8) is 0 Å². The van der Waals surface area contributed by atoms with Crippen LogP contribution in [0, 0.1) is 6.92 Å². The summed E-state index contributed by atoms with van der Waals surface area (Å²) in [5.41, 5.74) is 2.81. The Bertz CT molecular complexity index is 876. The third kappa shape index (κ3) is 4.23. The number of carbonyl (C=O) groups is 1. The number of ether oxygens (including phenoxy) is 1. The number of thioether (sulfide) groups is 1. The number of benzene rings is 2. The maximum absolute atomic E-state index is 12.4. The van der Waals surface area contributed by atoms with Crippen LogP contribution in [0.1, 0.15) is 5.56 Å². The normalized spacial score (nSPS) is 10.6. The van der Waals surface area contributed by atoms with E-state index in [9.17, 15) is 4.79 Å². The first-order valence-corrected chi connectivity index (χ1v) is 8.99. The number of rotatable bonds is 6. The highest BCUT2D eigenvalue weighted by Gasteiger charge is 2.15. The van der Waals surface area contributed by atoms with Crippen LogP contribution >= 0.6 is 11.8 Å². The Labute approximate surface area is 156 Å². The lowest BCUT2D eigenvalue weighted by molar-refractivity contribution is -0.115. The predicted molar refractivity (Wildman–Crippen MR) is 102 cm³/mol. The van der Waals surface area contributed by atoms with E-state index in [1.165, 1.54) is 11.8 Å². The van der Waals surface area contributed by atoms with E-state index in [1.54, 1.807) is 19.1 Å². The molecule has 6 nitrogen and oxygen atoms in total. The summed E-state index contributed by atoms with van der Waals surface area (Å²) in [6.07, 6.45) is 0. The molecule has 1 amide bonds. The lowest BCUT2D eigenvalue weighted by atomic mass is 10.2. The molecule has 26 heavy (non-hydrogen) atoms. The molecular weight excluding hydrogens is 350 g/mol. The van der Waals surface area contributed by atoms with Crippen LogP contribution in [0.3, 0.4) is 0 Å². The Balaban J connectivity index is 1.60. The van der Waals surface area contributed by atoms with Crippen LogP contribution in [0.25, 0.3) is 11.5 Å². The number of nitrogens with zero attached hydrogens (tertiary/aromatic N) is 3. The van der Waals surface area contributed by atoms with Gasteiger partial charge in [-0.15, -0.1) is 10.2 Å². The van der Waals surface area contributed by atoms with Crippen LogP contribution in [0.15, 0.2) is 58.2 Å². The van der Waals surface area contributed by atoms with E-state index in [1.807, 2.05) is 55.5 Å². The third-order valence-corrected chi connectivity index (χ3v) is 4.66. The molecule has 0 unspecified atom stereocenters. The number of aromatic nitrogens is 2. The summed E-state index contributed by atoms with van der Waals surface area (Å²) in [6, 6.07) is 15.1. The summed E-state index contributed by atoms with van der Waals surface area (Å²) >= 11 is 1.22. The van der Waals surface area contributed by atoms with Crippen molar-refractivity contribution in [2.45, 2.75) is 12.1 Å². The zero-order valence-electron chi connectivity index (χ0n) is 14.8. The van der Waals surface area contributed by atoms with Gasteiger partial charge in [0.15, 0.2) is 0 Å². The Morgan fingerprint density at radius 3 is 2.46 bits per heavy atom. The zero-order valence-corrected chi connectivity index (χ0v) is 15.6. The van der Waals surface area contributed by atoms with Crippen LogP contribution in [0.4, 0.5) is 5.69 Å². The molecule has 3 aromatic rings. The van der Waals surface area contributed by atoms with Gasteiger partial charge in [0.05, 0.1) is 12.9 Å². The summed E-state index contributed by atoms with van der Waals surface area (Å²) in [6.45, 7) is 2.01. The average molecular weight is 369 g/mol. The summed E-state index contributed by atoms with van der Waals surface area (Å²) < 4.78 is 10.8. The average Bonchev–Trinajstić information content (AvgIpc) is 3.15. The minimum absolute atomic E-state index is 0.0388. The molecule has 0 aliphatic heterocycles. The minimum atomic E-state index is -0.0388. The number of amides is 1. The first kappa shape index (κ1) is 18.0. The van der Waals surface area contributed by atoms with Crippen molar-refractivity contribution in [2.24, 2.45) is 0 Å². The molecule has 134 valence electrons. The van der Waals surface area contributed by atoms with Crippen molar-refractivity contribution >= 4 is 23.4 Å². The van der Waals surface area contributed by atoms with Gasteiger partial charge in [0.25, 0.3) is 5.22 Å². The molecule has 0 fully saturated rings. The summed E-state index contributed by atoms with van der Waals surface area (Å²) in [7, 11) is 3.37. The second kappa shape index (κ2) is 8.05. The molecular formula is C19H19N3O3S. The lowest BCUT2D eigenvalue weighted by Gasteiger charge is -2.16. The number of aryl methyl sites for hydroxylation is 1. The summed E-state index contributed by atoms with van der Waals surface area (Å²) in [5, 5.41) is 8.39. The van der Waals surface area contributed by atoms with Crippen LogP contribution in [0.2, 0.25) is 0 Å². The number of anilines is 1. The van der Waals surface area contributed by atoms with Gasteiger partial charge >= 0.3 is 0 Å². The minimum Gasteiger partial charge on any atom is -0.497 e. The van der Waals surface area contributed by atoms with E-state index < -0.39 is 0 Å². The molecule has 0 saturated carbocycles.